The molecule has 0 aromatic rings. The lowest BCUT2D eigenvalue weighted by atomic mass is 9.85. The summed E-state index contributed by atoms with van der Waals surface area (Å²) in [6, 6.07) is 0. The van der Waals surface area contributed by atoms with Gasteiger partial charge in [0, 0.05) is 5.41 Å². The molecule has 1 saturated carbocycles. The molecule has 1 atom stereocenters. The highest BCUT2D eigenvalue weighted by Gasteiger charge is 2.54. The topological polar surface area (TPSA) is 60.7 Å². The van der Waals surface area contributed by atoms with Crippen LogP contribution in [0.2, 0.25) is 0 Å². The van der Waals surface area contributed by atoms with Crippen molar-refractivity contribution in [2.24, 2.45) is 11.3 Å². The zero-order valence-corrected chi connectivity index (χ0v) is 8.72. The number of alkyl halides is 2. The van der Waals surface area contributed by atoms with E-state index >= 15 is 0 Å². The van der Waals surface area contributed by atoms with Gasteiger partial charge < -0.3 is 15.3 Å². The van der Waals surface area contributed by atoms with E-state index in [1.807, 2.05) is 0 Å². The largest absolute Gasteiger partial charge is 0.396 e. The van der Waals surface area contributed by atoms with Crippen LogP contribution in [0.3, 0.4) is 0 Å². The van der Waals surface area contributed by atoms with E-state index in [2.05, 4.69) is 0 Å². The van der Waals surface area contributed by atoms with Crippen molar-refractivity contribution in [2.75, 3.05) is 19.8 Å². The summed E-state index contributed by atoms with van der Waals surface area (Å²) >= 11 is 11.6. The van der Waals surface area contributed by atoms with Gasteiger partial charge in [-0.25, -0.2) is 0 Å². The highest BCUT2D eigenvalue weighted by Crippen LogP contribution is 2.57. The molecule has 0 aromatic heterocycles. The standard InChI is InChI=1S/C8H14Cl2O3/c9-8(10)2-6(8)1-7(3-11,4-12)5-13/h6,11-13H,1-5H2. The van der Waals surface area contributed by atoms with Gasteiger partial charge in [0.2, 0.25) is 0 Å². The van der Waals surface area contributed by atoms with Gasteiger partial charge in [-0.15, -0.1) is 23.2 Å². The van der Waals surface area contributed by atoms with Crippen LogP contribution in [-0.2, 0) is 0 Å². The Balaban J connectivity index is 2.49. The Bertz CT molecular complexity index is 172. The van der Waals surface area contributed by atoms with Crippen molar-refractivity contribution < 1.29 is 15.3 Å². The third kappa shape index (κ3) is 2.48. The average Bonchev–Trinajstić information content (AvgIpc) is 2.70. The Kier molecular flexibility index (Phi) is 3.47. The Morgan fingerprint density at radius 2 is 1.54 bits per heavy atom. The van der Waals surface area contributed by atoms with E-state index in [1.165, 1.54) is 0 Å². The molecule has 3 N–H and O–H groups in total. The van der Waals surface area contributed by atoms with Gasteiger partial charge in [-0.2, -0.15) is 0 Å². The molecule has 0 spiro atoms. The van der Waals surface area contributed by atoms with Gasteiger partial charge in [-0.05, 0) is 18.8 Å². The molecule has 1 aliphatic carbocycles. The zero-order valence-electron chi connectivity index (χ0n) is 7.21. The van der Waals surface area contributed by atoms with Gasteiger partial charge in [-0.3, -0.25) is 0 Å². The van der Waals surface area contributed by atoms with Crippen molar-refractivity contribution in [2.45, 2.75) is 17.2 Å². The van der Waals surface area contributed by atoms with Gasteiger partial charge in [-0.1, -0.05) is 0 Å². The van der Waals surface area contributed by atoms with Gasteiger partial charge in [0.05, 0.1) is 19.8 Å². The number of hydrogen-bond acceptors (Lipinski definition) is 3. The van der Waals surface area contributed by atoms with Crippen LogP contribution in [-0.4, -0.2) is 39.5 Å². The maximum absolute atomic E-state index is 9.02. The number of aliphatic hydroxyl groups excluding tert-OH is 3. The summed E-state index contributed by atoms with van der Waals surface area (Å²) in [7, 11) is 0. The minimum atomic E-state index is -0.837. The molecule has 1 rings (SSSR count). The van der Waals surface area contributed by atoms with E-state index in [0.29, 0.717) is 12.8 Å². The van der Waals surface area contributed by atoms with E-state index in [-0.39, 0.29) is 25.7 Å². The van der Waals surface area contributed by atoms with Crippen molar-refractivity contribution in [1.29, 1.82) is 0 Å². The molecule has 1 aliphatic rings. The highest BCUT2D eigenvalue weighted by atomic mass is 35.5. The van der Waals surface area contributed by atoms with E-state index in [4.69, 9.17) is 38.5 Å². The summed E-state index contributed by atoms with van der Waals surface area (Å²) in [5, 5.41) is 27.1. The van der Waals surface area contributed by atoms with E-state index < -0.39 is 9.75 Å². The molecule has 0 bridgehead atoms. The Labute approximate surface area is 87.3 Å². The monoisotopic (exact) mass is 228 g/mol. The molecular formula is C8H14Cl2O3. The van der Waals surface area contributed by atoms with E-state index in [1.54, 1.807) is 0 Å². The van der Waals surface area contributed by atoms with Crippen molar-refractivity contribution in [3.63, 3.8) is 0 Å². The van der Waals surface area contributed by atoms with E-state index in [9.17, 15) is 0 Å². The molecule has 1 unspecified atom stereocenters. The quantitative estimate of drug-likeness (QED) is 0.603. The van der Waals surface area contributed by atoms with Gasteiger partial charge in [0.25, 0.3) is 0 Å². The number of aliphatic hydroxyl groups is 3. The van der Waals surface area contributed by atoms with Crippen LogP contribution in [0, 0.1) is 11.3 Å². The van der Waals surface area contributed by atoms with Crippen LogP contribution in [0.25, 0.3) is 0 Å². The molecule has 5 heteroatoms. The summed E-state index contributed by atoms with van der Waals surface area (Å²) in [4.78, 5) is 0. The second kappa shape index (κ2) is 3.91. The van der Waals surface area contributed by atoms with Gasteiger partial charge in [0.15, 0.2) is 0 Å². The molecule has 1 fully saturated rings. The number of rotatable bonds is 5. The average molecular weight is 229 g/mol. The fourth-order valence-corrected chi connectivity index (χ4v) is 1.88. The summed E-state index contributed by atoms with van der Waals surface area (Å²) in [6.45, 7) is -0.749. The first kappa shape index (κ1) is 11.5. The molecule has 78 valence electrons. The molecule has 0 aliphatic heterocycles. The predicted octanol–water partition coefficient (Wildman–Crippen LogP) is 0.534. The zero-order chi connectivity index (χ0) is 10.1. The normalized spacial score (nSPS) is 26.1. The van der Waals surface area contributed by atoms with Gasteiger partial charge >= 0.3 is 0 Å². The third-order valence-corrected chi connectivity index (χ3v) is 3.57. The predicted molar refractivity (Wildman–Crippen MR) is 50.9 cm³/mol. The van der Waals surface area contributed by atoms with Gasteiger partial charge in [0.1, 0.15) is 4.33 Å². The van der Waals surface area contributed by atoms with Crippen LogP contribution < -0.4 is 0 Å². The highest BCUT2D eigenvalue weighted by molar-refractivity contribution is 6.50. The summed E-state index contributed by atoms with van der Waals surface area (Å²) in [6.07, 6.45) is 1.13. The fraction of sp³-hybridized carbons (Fsp3) is 1.00. The first-order valence-electron chi connectivity index (χ1n) is 4.20. The van der Waals surface area contributed by atoms with Crippen LogP contribution >= 0.6 is 23.2 Å². The molecular weight excluding hydrogens is 215 g/mol. The molecule has 0 heterocycles. The maximum atomic E-state index is 9.02. The van der Waals surface area contributed by atoms with Crippen molar-refractivity contribution in [1.82, 2.24) is 0 Å². The van der Waals surface area contributed by atoms with Crippen LogP contribution in [0.1, 0.15) is 12.8 Å². The summed E-state index contributed by atoms with van der Waals surface area (Å²) in [5.74, 6) is 0.0716. The number of halogens is 2. The lowest BCUT2D eigenvalue weighted by Crippen LogP contribution is -2.34. The van der Waals surface area contributed by atoms with E-state index in [0.717, 1.165) is 0 Å². The molecule has 13 heavy (non-hydrogen) atoms. The first-order valence-corrected chi connectivity index (χ1v) is 4.96. The smallest absolute Gasteiger partial charge is 0.121 e. The van der Waals surface area contributed by atoms with Crippen molar-refractivity contribution in [3.8, 4) is 0 Å². The first-order chi connectivity index (χ1) is 5.99. The Morgan fingerprint density at radius 1 is 1.15 bits per heavy atom. The van der Waals surface area contributed by atoms with Crippen molar-refractivity contribution >= 4 is 23.2 Å². The summed E-state index contributed by atoms with van der Waals surface area (Å²) < 4.78 is -0.717. The van der Waals surface area contributed by atoms with Crippen LogP contribution in [0.5, 0.6) is 0 Å². The lowest BCUT2D eigenvalue weighted by Gasteiger charge is -2.27. The molecule has 0 aromatic carbocycles. The lowest BCUT2D eigenvalue weighted by molar-refractivity contribution is -0.00465. The molecule has 0 amide bonds. The minimum Gasteiger partial charge on any atom is -0.396 e. The van der Waals surface area contributed by atoms with Crippen LogP contribution in [0.15, 0.2) is 0 Å². The SMILES string of the molecule is OCC(CO)(CO)CC1CC1(Cl)Cl. The molecule has 0 radical (unpaired) electrons. The fourth-order valence-electron chi connectivity index (χ4n) is 1.36. The maximum Gasteiger partial charge on any atom is 0.121 e. The second-order valence-corrected chi connectivity index (χ2v) is 5.38. The summed E-state index contributed by atoms with van der Waals surface area (Å²) in [5.41, 5.74) is -0.837. The van der Waals surface area contributed by atoms with Crippen LogP contribution in [0.4, 0.5) is 0 Å². The minimum absolute atomic E-state index is 0.0716. The third-order valence-electron chi connectivity index (χ3n) is 2.64. The Morgan fingerprint density at radius 3 is 1.77 bits per heavy atom. The number of hydrogen-bond donors (Lipinski definition) is 3. The second-order valence-electron chi connectivity index (χ2n) is 3.84. The van der Waals surface area contributed by atoms with Crippen molar-refractivity contribution in [3.05, 3.63) is 0 Å². The molecule has 0 saturated heterocycles. The Hall–Kier alpha value is 0.460. The molecule has 3 nitrogen and oxygen atoms in total.